The molecule has 0 aliphatic rings. The number of carbonyl (C=O) groups excluding carboxylic acids is 1. The van der Waals surface area contributed by atoms with E-state index in [1.165, 1.54) is 0 Å². The van der Waals surface area contributed by atoms with Crippen LogP contribution in [0.15, 0.2) is 36.4 Å². The van der Waals surface area contributed by atoms with Crippen molar-refractivity contribution in [2.45, 2.75) is 33.8 Å². The molecule has 0 unspecified atom stereocenters. The number of hydrogen-bond donors (Lipinski definition) is 1. The first-order chi connectivity index (χ1) is 11.9. The highest BCUT2D eigenvalue weighted by Gasteiger charge is 2.15. The Hall–Kier alpha value is -2.20. The Morgan fingerprint density at radius 1 is 1.12 bits per heavy atom. The maximum absolute atomic E-state index is 12.1. The summed E-state index contributed by atoms with van der Waals surface area (Å²) in [5.74, 6) is 1.25. The summed E-state index contributed by atoms with van der Waals surface area (Å²) in [5, 5.41) is 3.53. The van der Waals surface area contributed by atoms with Crippen LogP contribution in [0.4, 0.5) is 0 Å². The summed E-state index contributed by atoms with van der Waals surface area (Å²) in [6, 6.07) is 11.5. The molecule has 0 saturated heterocycles. The highest BCUT2D eigenvalue weighted by atomic mass is 35.5. The van der Waals surface area contributed by atoms with Crippen molar-refractivity contribution in [3.63, 3.8) is 0 Å². The summed E-state index contributed by atoms with van der Waals surface area (Å²) in [7, 11) is 0. The van der Waals surface area contributed by atoms with Gasteiger partial charge in [0.25, 0.3) is 5.91 Å². The van der Waals surface area contributed by atoms with E-state index in [9.17, 15) is 4.79 Å². The second kappa shape index (κ2) is 8.77. The minimum atomic E-state index is -0.598. The number of halogens is 1. The first-order valence-corrected chi connectivity index (χ1v) is 8.65. The van der Waals surface area contributed by atoms with Gasteiger partial charge in [0.15, 0.2) is 6.10 Å². The molecule has 1 atom stereocenters. The third-order valence-corrected chi connectivity index (χ3v) is 4.35. The second-order valence-electron chi connectivity index (χ2n) is 6.09. The van der Waals surface area contributed by atoms with Crippen molar-refractivity contribution in [3.05, 3.63) is 58.1 Å². The summed E-state index contributed by atoms with van der Waals surface area (Å²) in [6.07, 6.45) is -0.598. The largest absolute Gasteiger partial charge is 0.492 e. The van der Waals surface area contributed by atoms with Gasteiger partial charge in [-0.2, -0.15) is 0 Å². The molecule has 0 aliphatic carbocycles. The van der Waals surface area contributed by atoms with Crippen LogP contribution in [0.2, 0.25) is 5.02 Å². The van der Waals surface area contributed by atoms with Gasteiger partial charge in [0, 0.05) is 5.02 Å². The zero-order valence-electron chi connectivity index (χ0n) is 15.1. The van der Waals surface area contributed by atoms with E-state index < -0.39 is 6.10 Å². The van der Waals surface area contributed by atoms with Crippen LogP contribution in [0.5, 0.6) is 11.5 Å². The van der Waals surface area contributed by atoms with E-state index in [1.807, 2.05) is 57.2 Å². The molecular formula is C20H24ClNO3. The second-order valence-corrected chi connectivity index (χ2v) is 6.47. The predicted octanol–water partition coefficient (Wildman–Crippen LogP) is 4.23. The van der Waals surface area contributed by atoms with Gasteiger partial charge in [-0.3, -0.25) is 4.79 Å². The van der Waals surface area contributed by atoms with Gasteiger partial charge in [-0.1, -0.05) is 23.7 Å². The standard InChI is InChI=1S/C20H24ClNO3/c1-13-6-5-7-17(10-13)24-9-8-22-20(23)16(4)25-18-11-14(2)19(21)15(3)12-18/h5-7,10-12,16H,8-9H2,1-4H3,(H,22,23)/t16-/m0/s1. The summed E-state index contributed by atoms with van der Waals surface area (Å²) >= 11 is 6.14. The molecule has 0 spiro atoms. The topological polar surface area (TPSA) is 47.6 Å². The fraction of sp³-hybridized carbons (Fsp3) is 0.350. The molecule has 0 saturated carbocycles. The Kier molecular flexibility index (Phi) is 6.71. The van der Waals surface area contributed by atoms with Gasteiger partial charge in [0.05, 0.1) is 6.54 Å². The minimum Gasteiger partial charge on any atom is -0.492 e. The molecule has 0 radical (unpaired) electrons. The molecule has 25 heavy (non-hydrogen) atoms. The Balaban J connectivity index is 1.78. The molecule has 5 heteroatoms. The Bertz CT molecular complexity index is 722. The third kappa shape index (κ3) is 5.68. The van der Waals surface area contributed by atoms with Crippen LogP contribution in [0.1, 0.15) is 23.6 Å². The Morgan fingerprint density at radius 3 is 2.44 bits per heavy atom. The first-order valence-electron chi connectivity index (χ1n) is 8.27. The van der Waals surface area contributed by atoms with E-state index in [-0.39, 0.29) is 5.91 Å². The van der Waals surface area contributed by atoms with E-state index in [1.54, 1.807) is 6.92 Å². The summed E-state index contributed by atoms with van der Waals surface area (Å²) in [4.78, 5) is 12.1. The average molecular weight is 362 g/mol. The van der Waals surface area contributed by atoms with Crippen LogP contribution in [0, 0.1) is 20.8 Å². The number of ether oxygens (including phenoxy) is 2. The number of nitrogens with one attached hydrogen (secondary N) is 1. The molecule has 0 fully saturated rings. The van der Waals surface area contributed by atoms with Crippen molar-refractivity contribution in [1.29, 1.82) is 0 Å². The lowest BCUT2D eigenvalue weighted by Crippen LogP contribution is -2.38. The highest BCUT2D eigenvalue weighted by molar-refractivity contribution is 6.32. The summed E-state index contributed by atoms with van der Waals surface area (Å²) in [5.41, 5.74) is 2.99. The van der Waals surface area contributed by atoms with Crippen LogP contribution < -0.4 is 14.8 Å². The third-order valence-electron chi connectivity index (χ3n) is 3.75. The average Bonchev–Trinajstić information content (AvgIpc) is 2.56. The molecule has 1 N–H and O–H groups in total. The zero-order chi connectivity index (χ0) is 18.4. The number of rotatable bonds is 7. The van der Waals surface area contributed by atoms with Crippen LogP contribution in [-0.2, 0) is 4.79 Å². The number of carbonyl (C=O) groups is 1. The maximum atomic E-state index is 12.1. The van der Waals surface area contributed by atoms with Crippen molar-refractivity contribution in [3.8, 4) is 11.5 Å². The van der Waals surface area contributed by atoms with Gasteiger partial charge in [-0.25, -0.2) is 0 Å². The van der Waals surface area contributed by atoms with Gasteiger partial charge >= 0.3 is 0 Å². The molecule has 0 bridgehead atoms. The molecule has 2 rings (SSSR count). The molecule has 0 aliphatic heterocycles. The van der Waals surface area contributed by atoms with Crippen LogP contribution in [0.25, 0.3) is 0 Å². The molecule has 2 aromatic rings. The Morgan fingerprint density at radius 2 is 1.80 bits per heavy atom. The minimum absolute atomic E-state index is 0.182. The molecule has 4 nitrogen and oxygen atoms in total. The lowest BCUT2D eigenvalue weighted by molar-refractivity contribution is -0.127. The first kappa shape index (κ1) is 19.1. The van der Waals surface area contributed by atoms with Crippen molar-refractivity contribution in [2.24, 2.45) is 0 Å². The van der Waals surface area contributed by atoms with E-state index in [0.717, 1.165) is 27.5 Å². The van der Waals surface area contributed by atoms with Gasteiger partial charge in [-0.15, -0.1) is 0 Å². The molecule has 0 heterocycles. The van der Waals surface area contributed by atoms with Crippen molar-refractivity contribution in [2.75, 3.05) is 13.2 Å². The smallest absolute Gasteiger partial charge is 0.260 e. The SMILES string of the molecule is Cc1cccc(OCCNC(=O)[C@H](C)Oc2cc(C)c(Cl)c(C)c2)c1. The number of benzene rings is 2. The maximum Gasteiger partial charge on any atom is 0.260 e. The van der Waals surface area contributed by atoms with Gasteiger partial charge in [-0.05, 0) is 68.7 Å². The number of hydrogen-bond acceptors (Lipinski definition) is 3. The van der Waals surface area contributed by atoms with E-state index in [4.69, 9.17) is 21.1 Å². The lowest BCUT2D eigenvalue weighted by Gasteiger charge is -2.16. The van der Waals surface area contributed by atoms with Gasteiger partial charge in [0.2, 0.25) is 0 Å². The normalized spacial score (nSPS) is 11.7. The Labute approximate surface area is 154 Å². The van der Waals surface area contributed by atoms with E-state index >= 15 is 0 Å². The van der Waals surface area contributed by atoms with Gasteiger partial charge in [0.1, 0.15) is 18.1 Å². The fourth-order valence-corrected chi connectivity index (χ4v) is 2.53. The van der Waals surface area contributed by atoms with Crippen LogP contribution in [0.3, 0.4) is 0 Å². The molecule has 2 aromatic carbocycles. The zero-order valence-corrected chi connectivity index (χ0v) is 15.8. The van der Waals surface area contributed by atoms with Crippen LogP contribution >= 0.6 is 11.6 Å². The fourth-order valence-electron chi connectivity index (χ4n) is 2.42. The lowest BCUT2D eigenvalue weighted by atomic mass is 10.1. The molecule has 134 valence electrons. The number of aryl methyl sites for hydroxylation is 3. The van der Waals surface area contributed by atoms with Crippen LogP contribution in [-0.4, -0.2) is 25.2 Å². The quantitative estimate of drug-likeness (QED) is 0.751. The highest BCUT2D eigenvalue weighted by Crippen LogP contribution is 2.26. The molecular weight excluding hydrogens is 338 g/mol. The molecule has 1 amide bonds. The van der Waals surface area contributed by atoms with Crippen molar-refractivity contribution < 1.29 is 14.3 Å². The summed E-state index contributed by atoms with van der Waals surface area (Å²) < 4.78 is 11.3. The van der Waals surface area contributed by atoms with Crippen molar-refractivity contribution >= 4 is 17.5 Å². The predicted molar refractivity (Wildman–Crippen MR) is 101 cm³/mol. The summed E-state index contributed by atoms with van der Waals surface area (Å²) in [6.45, 7) is 8.37. The van der Waals surface area contributed by atoms with Gasteiger partial charge < -0.3 is 14.8 Å². The monoisotopic (exact) mass is 361 g/mol. The molecule has 0 aromatic heterocycles. The van der Waals surface area contributed by atoms with Crippen molar-refractivity contribution in [1.82, 2.24) is 5.32 Å². The van der Waals surface area contributed by atoms with E-state index in [0.29, 0.717) is 18.9 Å². The number of amides is 1. The van der Waals surface area contributed by atoms with E-state index in [2.05, 4.69) is 5.32 Å².